The van der Waals surface area contributed by atoms with E-state index in [0.717, 1.165) is 22.1 Å². The molecule has 32 heavy (non-hydrogen) atoms. The Morgan fingerprint density at radius 3 is 2.44 bits per heavy atom. The van der Waals surface area contributed by atoms with Gasteiger partial charge in [0.1, 0.15) is 5.82 Å². The molecule has 0 saturated carbocycles. The molecule has 0 saturated heterocycles. The van der Waals surface area contributed by atoms with E-state index in [4.69, 9.17) is 0 Å². The van der Waals surface area contributed by atoms with Crippen LogP contribution in [0.3, 0.4) is 0 Å². The predicted molar refractivity (Wildman–Crippen MR) is 116 cm³/mol. The molecule has 1 aliphatic rings. The second kappa shape index (κ2) is 7.39. The van der Waals surface area contributed by atoms with Gasteiger partial charge in [-0.25, -0.2) is 9.37 Å². The van der Waals surface area contributed by atoms with E-state index < -0.39 is 24.1 Å². The van der Waals surface area contributed by atoms with Crippen LogP contribution in [-0.4, -0.2) is 27.7 Å². The van der Waals surface area contributed by atoms with Crippen molar-refractivity contribution in [3.63, 3.8) is 0 Å². The molecule has 1 aromatic heterocycles. The van der Waals surface area contributed by atoms with E-state index >= 15 is 0 Å². The first-order valence-corrected chi connectivity index (χ1v) is 10.5. The fraction of sp³-hybridized carbons (Fsp3) is 0.130. The van der Waals surface area contributed by atoms with E-state index in [0.29, 0.717) is 21.8 Å². The van der Waals surface area contributed by atoms with Gasteiger partial charge in [-0.15, -0.1) is 11.3 Å². The Morgan fingerprint density at radius 2 is 1.69 bits per heavy atom. The second-order valence-corrected chi connectivity index (χ2v) is 8.24. The van der Waals surface area contributed by atoms with Gasteiger partial charge in [0.25, 0.3) is 5.72 Å². The summed E-state index contributed by atoms with van der Waals surface area (Å²) in [5.74, 6) is -0.431. The zero-order valence-electron chi connectivity index (χ0n) is 16.3. The smallest absolute Gasteiger partial charge is 0.362 e. The molecule has 162 valence electrons. The van der Waals surface area contributed by atoms with Crippen LogP contribution in [0.1, 0.15) is 12.0 Å². The molecule has 1 aliphatic heterocycles. The fourth-order valence-corrected chi connectivity index (χ4v) is 4.56. The molecule has 0 bridgehead atoms. The highest BCUT2D eigenvalue weighted by Crippen LogP contribution is 2.45. The lowest BCUT2D eigenvalue weighted by Crippen LogP contribution is -2.55. The Labute approximate surface area is 184 Å². The van der Waals surface area contributed by atoms with Gasteiger partial charge in [-0.05, 0) is 35.0 Å². The summed E-state index contributed by atoms with van der Waals surface area (Å²) in [6.45, 7) is 0. The number of aliphatic hydroxyl groups is 1. The van der Waals surface area contributed by atoms with Crippen LogP contribution in [0, 0.1) is 5.82 Å². The van der Waals surface area contributed by atoms with Gasteiger partial charge in [0.2, 0.25) is 5.13 Å². The van der Waals surface area contributed by atoms with Crippen LogP contribution in [0.5, 0.6) is 0 Å². The number of hydrogen-bond donors (Lipinski definition) is 1. The van der Waals surface area contributed by atoms with Crippen molar-refractivity contribution < 1.29 is 22.7 Å². The highest BCUT2D eigenvalue weighted by atomic mass is 32.1. The molecule has 0 spiro atoms. The second-order valence-electron chi connectivity index (χ2n) is 7.40. The van der Waals surface area contributed by atoms with Gasteiger partial charge >= 0.3 is 6.18 Å². The van der Waals surface area contributed by atoms with Crippen molar-refractivity contribution in [2.75, 3.05) is 5.01 Å². The lowest BCUT2D eigenvalue weighted by molar-refractivity contribution is -0.254. The molecule has 0 radical (unpaired) electrons. The number of hydrazone groups is 1. The molecule has 1 N–H and O–H groups in total. The summed E-state index contributed by atoms with van der Waals surface area (Å²) in [6.07, 6.45) is -5.72. The molecule has 2 heterocycles. The van der Waals surface area contributed by atoms with Gasteiger partial charge in [0, 0.05) is 16.5 Å². The van der Waals surface area contributed by atoms with E-state index in [1.807, 2.05) is 18.2 Å². The molecule has 9 heteroatoms. The molecular weight excluding hydrogens is 442 g/mol. The van der Waals surface area contributed by atoms with Gasteiger partial charge in [0.05, 0.1) is 17.8 Å². The highest BCUT2D eigenvalue weighted by Gasteiger charge is 2.62. The molecule has 4 nitrogen and oxygen atoms in total. The van der Waals surface area contributed by atoms with Crippen LogP contribution in [0.25, 0.3) is 22.0 Å². The number of aromatic nitrogens is 1. The number of hydrogen-bond acceptors (Lipinski definition) is 5. The number of benzene rings is 3. The zero-order valence-corrected chi connectivity index (χ0v) is 17.2. The van der Waals surface area contributed by atoms with Gasteiger partial charge in [-0.2, -0.15) is 23.3 Å². The lowest BCUT2D eigenvalue weighted by Gasteiger charge is -2.32. The van der Waals surface area contributed by atoms with E-state index in [-0.39, 0.29) is 10.8 Å². The van der Waals surface area contributed by atoms with E-state index in [9.17, 15) is 22.7 Å². The average Bonchev–Trinajstić information content (AvgIpc) is 3.39. The van der Waals surface area contributed by atoms with Crippen LogP contribution < -0.4 is 5.01 Å². The van der Waals surface area contributed by atoms with E-state index in [1.54, 1.807) is 29.6 Å². The minimum Gasteiger partial charge on any atom is -0.362 e. The summed E-state index contributed by atoms with van der Waals surface area (Å²) in [5, 5.41) is 18.5. The largest absolute Gasteiger partial charge is 0.438 e. The number of rotatable bonds is 3. The van der Waals surface area contributed by atoms with Crippen molar-refractivity contribution >= 4 is 33.0 Å². The first-order chi connectivity index (χ1) is 15.3. The number of fused-ring (bicyclic) bond motifs is 1. The topological polar surface area (TPSA) is 48.7 Å². The van der Waals surface area contributed by atoms with Gasteiger partial charge < -0.3 is 5.11 Å². The fourth-order valence-electron chi connectivity index (χ4n) is 3.71. The average molecular weight is 457 g/mol. The van der Waals surface area contributed by atoms with Crippen LogP contribution in [0.4, 0.5) is 22.7 Å². The Balaban J connectivity index is 1.60. The molecule has 3 aromatic carbocycles. The molecule has 0 fully saturated rings. The van der Waals surface area contributed by atoms with Gasteiger partial charge in [0.15, 0.2) is 0 Å². The molecular formula is C23H15F4N3OS. The monoisotopic (exact) mass is 457 g/mol. The Morgan fingerprint density at radius 1 is 0.969 bits per heavy atom. The molecule has 4 aromatic rings. The number of nitrogens with zero attached hydrogens (tertiary/aromatic N) is 3. The third kappa shape index (κ3) is 3.34. The Kier molecular flexibility index (Phi) is 4.75. The summed E-state index contributed by atoms with van der Waals surface area (Å²) in [5.41, 5.74) is -1.70. The van der Waals surface area contributed by atoms with Crippen molar-refractivity contribution in [2.24, 2.45) is 5.10 Å². The SMILES string of the molecule is OC1(C(F)(F)F)CC(c2cccc3ccccc23)=NN1c1nc(-c2ccc(F)cc2)cs1. The maximum absolute atomic E-state index is 14.0. The van der Waals surface area contributed by atoms with Crippen molar-refractivity contribution in [3.8, 4) is 11.3 Å². The number of anilines is 1. The van der Waals surface area contributed by atoms with Crippen molar-refractivity contribution in [2.45, 2.75) is 18.3 Å². The molecule has 1 unspecified atom stereocenters. The van der Waals surface area contributed by atoms with E-state index in [1.165, 1.54) is 24.3 Å². The maximum atomic E-state index is 14.0. The Bertz CT molecular complexity index is 1330. The quantitative estimate of drug-likeness (QED) is 0.386. The summed E-state index contributed by atoms with van der Waals surface area (Å²) >= 11 is 0.919. The number of halogens is 4. The third-order valence-corrected chi connectivity index (χ3v) is 6.17. The highest BCUT2D eigenvalue weighted by molar-refractivity contribution is 7.14. The van der Waals surface area contributed by atoms with Crippen molar-refractivity contribution in [1.82, 2.24) is 4.98 Å². The van der Waals surface area contributed by atoms with Crippen molar-refractivity contribution in [3.05, 3.63) is 83.5 Å². The van der Waals surface area contributed by atoms with Crippen LogP contribution in [0.15, 0.2) is 77.2 Å². The minimum absolute atomic E-state index is 0.111. The van der Waals surface area contributed by atoms with E-state index in [2.05, 4.69) is 10.1 Å². The molecule has 5 rings (SSSR count). The Hall–Kier alpha value is -3.30. The lowest BCUT2D eigenvalue weighted by atomic mass is 9.96. The standard InChI is InChI=1S/C23H15F4N3OS/c24-16-10-8-15(9-11-16)20-13-32-21(28-20)30-22(31,23(25,26)27)12-19(29-30)18-7-3-5-14-4-1-2-6-17(14)18/h1-11,13,31H,12H2. The van der Waals surface area contributed by atoms with Gasteiger partial charge in [-0.1, -0.05) is 42.5 Å². The normalized spacial score (nSPS) is 18.9. The number of alkyl halides is 3. The summed E-state index contributed by atoms with van der Waals surface area (Å²) in [6, 6.07) is 18.0. The van der Waals surface area contributed by atoms with Crippen LogP contribution >= 0.6 is 11.3 Å². The summed E-state index contributed by atoms with van der Waals surface area (Å²) < 4.78 is 55.3. The maximum Gasteiger partial charge on any atom is 0.438 e. The first-order valence-electron chi connectivity index (χ1n) is 9.63. The first kappa shape index (κ1) is 20.6. The molecule has 1 atom stereocenters. The summed E-state index contributed by atoms with van der Waals surface area (Å²) in [7, 11) is 0. The van der Waals surface area contributed by atoms with Gasteiger partial charge in [-0.3, -0.25) is 0 Å². The molecule has 0 amide bonds. The zero-order chi connectivity index (χ0) is 22.5. The predicted octanol–water partition coefficient (Wildman–Crippen LogP) is 5.97. The van der Waals surface area contributed by atoms with Crippen molar-refractivity contribution in [1.29, 1.82) is 0 Å². The molecule has 0 aliphatic carbocycles. The van der Waals surface area contributed by atoms with Crippen LogP contribution in [-0.2, 0) is 0 Å². The minimum atomic E-state index is -4.98. The number of thiazole rings is 1. The van der Waals surface area contributed by atoms with Crippen LogP contribution in [0.2, 0.25) is 0 Å². The third-order valence-electron chi connectivity index (χ3n) is 5.35. The summed E-state index contributed by atoms with van der Waals surface area (Å²) in [4.78, 5) is 4.25.